The van der Waals surface area contributed by atoms with Gasteiger partial charge in [-0.2, -0.15) is 22.0 Å². The molecule has 8 rings (SSSR count). The Labute approximate surface area is 316 Å². The second-order valence-electron chi connectivity index (χ2n) is 14.2. The fourth-order valence-corrected chi connectivity index (χ4v) is 7.58. The Bertz CT molecular complexity index is 2440. The molecule has 1 unspecified atom stereocenters. The molecule has 0 bridgehead atoms. The van der Waals surface area contributed by atoms with Crippen molar-refractivity contribution in [2.24, 2.45) is 0 Å². The number of nitrogens with zero attached hydrogens (tertiary/aromatic N) is 3. The van der Waals surface area contributed by atoms with Gasteiger partial charge in [-0.3, -0.25) is 9.69 Å². The molecule has 15 heteroatoms. The number of likely N-dealkylation sites (tertiary alicyclic amines) is 1. The second kappa shape index (κ2) is 14.9. The molecule has 0 saturated carbocycles. The third kappa shape index (κ3) is 7.44. The fourth-order valence-electron chi connectivity index (χ4n) is 7.58. The first-order valence-electron chi connectivity index (χ1n) is 18.2. The SMILES string of the molecule is Cc1c(-c2nc3cc(COC(=O)[C@@H]4CCCN4)c(OC(F)F)cc3o2)cccc1-c1cccc(-c2nc3cc(CN4CCC(F)C4)cc(C(F)(F)F)c3o2)c1C. The molecular weight excluding hydrogens is 742 g/mol. The molecule has 9 nitrogen and oxygen atoms in total. The van der Waals surface area contributed by atoms with Crippen LogP contribution >= 0.6 is 0 Å². The molecule has 0 aliphatic carbocycles. The molecule has 2 aliphatic heterocycles. The molecular formula is C41H36F6N4O5. The molecule has 0 spiro atoms. The van der Waals surface area contributed by atoms with Crippen molar-refractivity contribution in [1.82, 2.24) is 20.2 Å². The van der Waals surface area contributed by atoms with E-state index in [1.165, 1.54) is 12.1 Å². The van der Waals surface area contributed by atoms with Crippen LogP contribution in [0.15, 0.2) is 69.5 Å². The smallest absolute Gasteiger partial charge is 0.420 e. The molecule has 1 N–H and O–H groups in total. The Morgan fingerprint density at radius 3 is 2.23 bits per heavy atom. The molecule has 2 atom stereocenters. The van der Waals surface area contributed by atoms with E-state index in [0.29, 0.717) is 53.7 Å². The lowest BCUT2D eigenvalue weighted by Crippen LogP contribution is -2.32. The van der Waals surface area contributed by atoms with Gasteiger partial charge in [0.05, 0.1) is 0 Å². The molecule has 4 aromatic carbocycles. The maximum absolute atomic E-state index is 14.3. The van der Waals surface area contributed by atoms with Gasteiger partial charge in [0.25, 0.3) is 0 Å². The number of carbonyl (C=O) groups excluding carboxylic acids is 1. The van der Waals surface area contributed by atoms with E-state index in [1.54, 1.807) is 35.2 Å². The zero-order chi connectivity index (χ0) is 39.3. The third-order valence-corrected chi connectivity index (χ3v) is 10.4. The van der Waals surface area contributed by atoms with Crippen LogP contribution in [0.25, 0.3) is 56.2 Å². The predicted octanol–water partition coefficient (Wildman–Crippen LogP) is 9.55. The molecule has 2 fully saturated rings. The monoisotopic (exact) mass is 778 g/mol. The topological polar surface area (TPSA) is 103 Å². The number of nitrogens with one attached hydrogen (secondary N) is 1. The van der Waals surface area contributed by atoms with Gasteiger partial charge in [-0.15, -0.1) is 0 Å². The van der Waals surface area contributed by atoms with E-state index < -0.39 is 36.5 Å². The van der Waals surface area contributed by atoms with Gasteiger partial charge in [0.2, 0.25) is 11.8 Å². The minimum atomic E-state index is -4.71. The first-order valence-corrected chi connectivity index (χ1v) is 18.2. The maximum atomic E-state index is 14.3. The van der Waals surface area contributed by atoms with Crippen molar-refractivity contribution in [3.05, 3.63) is 88.5 Å². The van der Waals surface area contributed by atoms with Crippen molar-refractivity contribution in [2.45, 2.75) is 71.3 Å². The van der Waals surface area contributed by atoms with Crippen molar-refractivity contribution < 1.29 is 49.4 Å². The number of aromatic nitrogens is 2. The number of rotatable bonds is 10. The number of oxazole rings is 2. The molecule has 0 radical (unpaired) electrons. The number of ether oxygens (including phenoxy) is 2. The van der Waals surface area contributed by atoms with E-state index in [2.05, 4.69) is 15.3 Å². The highest BCUT2D eigenvalue weighted by atomic mass is 19.4. The lowest BCUT2D eigenvalue weighted by atomic mass is 9.91. The number of benzene rings is 4. The molecule has 292 valence electrons. The molecule has 2 saturated heterocycles. The normalized spacial score (nSPS) is 17.8. The number of halogens is 6. The standard InChI is InChI=1S/C41H36F6N4O5/c1-21-26(6-3-8-28(21)37-49-32-16-24(20-53-39(52)31-10-5-12-48-31)34(55-40(43)44)17-35(32)54-37)27-7-4-9-29(22(27)2)38-50-33-15-23(18-51-13-11-25(42)19-51)14-30(36(33)56-38)41(45,46)47/h3-4,6-9,14-17,25,31,40,48H,5,10-13,18-20H2,1-2H3/t25?,31-/m0/s1. The van der Waals surface area contributed by atoms with Crippen LogP contribution in [0.1, 0.15) is 47.1 Å². The van der Waals surface area contributed by atoms with Crippen molar-refractivity contribution in [2.75, 3.05) is 19.6 Å². The molecule has 0 amide bonds. The first kappa shape index (κ1) is 37.5. The highest BCUT2D eigenvalue weighted by Crippen LogP contribution is 2.41. The van der Waals surface area contributed by atoms with Crippen molar-refractivity contribution in [1.29, 1.82) is 0 Å². The van der Waals surface area contributed by atoms with Gasteiger partial charge in [0.15, 0.2) is 11.2 Å². The zero-order valence-corrected chi connectivity index (χ0v) is 30.3. The lowest BCUT2D eigenvalue weighted by molar-refractivity contribution is -0.147. The average Bonchev–Trinajstić information content (AvgIpc) is 3.97. The highest BCUT2D eigenvalue weighted by Gasteiger charge is 2.36. The van der Waals surface area contributed by atoms with Crippen LogP contribution in [0.3, 0.4) is 0 Å². The minimum absolute atomic E-state index is 0.0163. The third-order valence-electron chi connectivity index (χ3n) is 10.4. The van der Waals surface area contributed by atoms with E-state index in [-0.39, 0.29) is 59.5 Å². The summed E-state index contributed by atoms with van der Waals surface area (Å²) < 4.78 is 106. The Morgan fingerprint density at radius 2 is 1.61 bits per heavy atom. The Hall–Kier alpha value is -5.41. The summed E-state index contributed by atoms with van der Waals surface area (Å²) in [6.07, 6.45) is -3.93. The van der Waals surface area contributed by atoms with Gasteiger partial charge < -0.3 is 23.6 Å². The van der Waals surface area contributed by atoms with Gasteiger partial charge in [-0.05, 0) is 97.8 Å². The molecule has 2 aliphatic rings. The summed E-state index contributed by atoms with van der Waals surface area (Å²) in [6, 6.07) is 15.8. The molecule has 56 heavy (non-hydrogen) atoms. The van der Waals surface area contributed by atoms with E-state index >= 15 is 0 Å². The zero-order valence-electron chi connectivity index (χ0n) is 30.3. The fraction of sp³-hybridized carbons (Fsp3) is 0.341. The van der Waals surface area contributed by atoms with Crippen LogP contribution < -0.4 is 10.1 Å². The van der Waals surface area contributed by atoms with Gasteiger partial charge in [0, 0.05) is 42.4 Å². The predicted molar refractivity (Wildman–Crippen MR) is 195 cm³/mol. The summed E-state index contributed by atoms with van der Waals surface area (Å²) in [4.78, 5) is 23.5. The quantitative estimate of drug-likeness (QED) is 0.108. The number of carbonyl (C=O) groups is 1. The van der Waals surface area contributed by atoms with Crippen molar-refractivity contribution in [3.63, 3.8) is 0 Å². The van der Waals surface area contributed by atoms with Crippen molar-refractivity contribution in [3.8, 4) is 39.8 Å². The van der Waals surface area contributed by atoms with Crippen LogP contribution in [0.2, 0.25) is 0 Å². The summed E-state index contributed by atoms with van der Waals surface area (Å²) in [7, 11) is 0. The largest absolute Gasteiger partial charge is 0.460 e. The summed E-state index contributed by atoms with van der Waals surface area (Å²) >= 11 is 0. The number of hydrogen-bond donors (Lipinski definition) is 1. The summed E-state index contributed by atoms with van der Waals surface area (Å²) in [5, 5.41) is 3.04. The van der Waals surface area contributed by atoms with E-state index in [9.17, 15) is 31.1 Å². The minimum Gasteiger partial charge on any atom is -0.460 e. The van der Waals surface area contributed by atoms with E-state index in [0.717, 1.165) is 29.2 Å². The molecule has 6 aromatic rings. The number of esters is 1. The number of fused-ring (bicyclic) bond motifs is 2. The first-order chi connectivity index (χ1) is 26.8. The van der Waals surface area contributed by atoms with Gasteiger partial charge in [0.1, 0.15) is 41.2 Å². The summed E-state index contributed by atoms with van der Waals surface area (Å²) in [5.41, 5.74) is 3.84. The average molecular weight is 779 g/mol. The van der Waals surface area contributed by atoms with Gasteiger partial charge in [-0.1, -0.05) is 24.3 Å². The summed E-state index contributed by atoms with van der Waals surface area (Å²) in [5.74, 6) is -0.478. The highest BCUT2D eigenvalue weighted by molar-refractivity contribution is 5.86. The van der Waals surface area contributed by atoms with Crippen LogP contribution in [-0.4, -0.2) is 59.3 Å². The van der Waals surface area contributed by atoms with Crippen LogP contribution in [-0.2, 0) is 28.9 Å². The van der Waals surface area contributed by atoms with E-state index in [4.69, 9.17) is 18.3 Å². The summed E-state index contributed by atoms with van der Waals surface area (Å²) in [6.45, 7) is 1.71. The maximum Gasteiger partial charge on any atom is 0.420 e. The Balaban J connectivity index is 1.12. The number of alkyl halides is 6. The number of hydrogen-bond acceptors (Lipinski definition) is 9. The second-order valence-corrected chi connectivity index (χ2v) is 14.2. The van der Waals surface area contributed by atoms with Gasteiger partial charge in [-0.25, -0.2) is 14.4 Å². The van der Waals surface area contributed by atoms with Crippen LogP contribution in [0.5, 0.6) is 5.75 Å². The van der Waals surface area contributed by atoms with Crippen LogP contribution in [0, 0.1) is 13.8 Å². The van der Waals surface area contributed by atoms with Gasteiger partial charge >= 0.3 is 18.8 Å². The van der Waals surface area contributed by atoms with E-state index in [1.807, 2.05) is 26.0 Å². The Morgan fingerprint density at radius 1 is 0.929 bits per heavy atom. The van der Waals surface area contributed by atoms with Crippen molar-refractivity contribution >= 4 is 28.2 Å². The lowest BCUT2D eigenvalue weighted by Gasteiger charge is -2.16. The molecule has 2 aromatic heterocycles. The Kier molecular flexibility index (Phi) is 9.99. The molecule has 4 heterocycles. The van der Waals surface area contributed by atoms with Crippen LogP contribution in [0.4, 0.5) is 26.3 Å².